The fourth-order valence-electron chi connectivity index (χ4n) is 4.25. The molecule has 8 heteroatoms. The highest BCUT2D eigenvalue weighted by Gasteiger charge is 2.19. The van der Waals surface area contributed by atoms with Crippen LogP contribution in [0.25, 0.3) is 11.0 Å². The topological polar surface area (TPSA) is 101 Å². The Kier molecular flexibility index (Phi) is 9.71. The Balaban J connectivity index is 1.75. The van der Waals surface area contributed by atoms with E-state index in [9.17, 15) is 14.4 Å². The van der Waals surface area contributed by atoms with Gasteiger partial charge in [0, 0.05) is 23.6 Å². The average molecular weight is 511 g/mol. The third-order valence-electron chi connectivity index (χ3n) is 5.95. The van der Waals surface area contributed by atoms with E-state index in [0.29, 0.717) is 59.8 Å². The summed E-state index contributed by atoms with van der Waals surface area (Å²) < 4.78 is 28.1. The van der Waals surface area contributed by atoms with Gasteiger partial charge in [-0.1, -0.05) is 26.7 Å². The number of aryl methyl sites for hydroxylation is 1. The van der Waals surface area contributed by atoms with Gasteiger partial charge in [0.15, 0.2) is 11.2 Å². The highest BCUT2D eigenvalue weighted by atomic mass is 16.5. The maximum absolute atomic E-state index is 12.5. The van der Waals surface area contributed by atoms with Crippen molar-refractivity contribution in [2.24, 2.45) is 0 Å². The molecule has 0 atom stereocenters. The van der Waals surface area contributed by atoms with Gasteiger partial charge in [0.1, 0.15) is 22.8 Å². The quantitative estimate of drug-likeness (QED) is 0.168. The summed E-state index contributed by atoms with van der Waals surface area (Å²) in [6.45, 7) is 6.36. The Hall–Kier alpha value is -3.81. The molecule has 0 N–H and O–H groups in total. The van der Waals surface area contributed by atoms with E-state index >= 15 is 0 Å². The van der Waals surface area contributed by atoms with Crippen LogP contribution in [0.4, 0.5) is 0 Å². The molecule has 0 unspecified atom stereocenters. The van der Waals surface area contributed by atoms with Gasteiger partial charge in [0.25, 0.3) is 0 Å². The summed E-state index contributed by atoms with van der Waals surface area (Å²) in [6.07, 6.45) is 3.61. The zero-order valence-electron chi connectivity index (χ0n) is 22.1. The maximum atomic E-state index is 12.5. The third kappa shape index (κ3) is 6.31. The minimum Gasteiger partial charge on any atom is -0.496 e. The second kappa shape index (κ2) is 12.9. The molecule has 3 aromatic rings. The zero-order valence-corrected chi connectivity index (χ0v) is 22.1. The van der Waals surface area contributed by atoms with Crippen LogP contribution in [0.1, 0.15) is 72.1 Å². The lowest BCUT2D eigenvalue weighted by molar-refractivity contribution is 0.0565. The number of hydrogen-bond acceptors (Lipinski definition) is 8. The summed E-state index contributed by atoms with van der Waals surface area (Å²) in [4.78, 5) is 36.5. The Bertz CT molecular complexity index is 1320. The molecule has 1 aromatic heterocycles. The smallest absolute Gasteiger partial charge is 0.374 e. The molecule has 0 aliphatic carbocycles. The predicted octanol–water partition coefficient (Wildman–Crippen LogP) is 5.54. The average Bonchev–Trinajstić information content (AvgIpc) is 2.89. The molecule has 0 saturated carbocycles. The number of Topliss-reactive ketones (excluding diaryl/α,β-unsaturated/α-hetero) is 1. The first kappa shape index (κ1) is 27.8. The summed E-state index contributed by atoms with van der Waals surface area (Å²) >= 11 is 0. The first-order valence-electron chi connectivity index (χ1n) is 12.5. The van der Waals surface area contributed by atoms with Gasteiger partial charge < -0.3 is 23.4 Å². The number of ether oxygens (including phenoxy) is 4. The Morgan fingerprint density at radius 1 is 0.892 bits per heavy atom. The van der Waals surface area contributed by atoms with E-state index in [4.69, 9.17) is 23.4 Å². The lowest BCUT2D eigenvalue weighted by atomic mass is 10.0. The van der Waals surface area contributed by atoms with Gasteiger partial charge in [0.05, 0.1) is 38.4 Å². The standard InChI is InChI=1S/C29H34O8/c1-6-9-21-24(13-11-19(18(3)30)27(21)33-4)35-15-8-16-36-25-14-12-20-23(31)17-26(29(32)34-5)37-28(20)22(25)10-7-2/h11-14,17H,6-10,15-16H2,1-5H3. The molecule has 2 aromatic carbocycles. The fourth-order valence-corrected chi connectivity index (χ4v) is 4.25. The first-order chi connectivity index (χ1) is 17.9. The molecular weight excluding hydrogens is 476 g/mol. The van der Waals surface area contributed by atoms with Gasteiger partial charge in [-0.3, -0.25) is 9.59 Å². The number of esters is 1. The molecular formula is C29H34O8. The van der Waals surface area contributed by atoms with Crippen LogP contribution >= 0.6 is 0 Å². The van der Waals surface area contributed by atoms with Crippen molar-refractivity contribution in [3.63, 3.8) is 0 Å². The zero-order chi connectivity index (χ0) is 26.9. The van der Waals surface area contributed by atoms with E-state index in [-0.39, 0.29) is 17.0 Å². The van der Waals surface area contributed by atoms with Gasteiger partial charge in [-0.05, 0) is 44.0 Å². The van der Waals surface area contributed by atoms with Gasteiger partial charge in [-0.25, -0.2) is 4.79 Å². The molecule has 37 heavy (non-hydrogen) atoms. The van der Waals surface area contributed by atoms with E-state index < -0.39 is 5.97 Å². The Labute approximate surface area is 216 Å². The maximum Gasteiger partial charge on any atom is 0.374 e. The molecule has 1 heterocycles. The molecule has 0 fully saturated rings. The number of rotatable bonds is 13. The van der Waals surface area contributed by atoms with Crippen LogP contribution in [-0.4, -0.2) is 39.2 Å². The van der Waals surface area contributed by atoms with E-state index in [2.05, 4.69) is 6.92 Å². The van der Waals surface area contributed by atoms with Crippen molar-refractivity contribution in [3.8, 4) is 17.2 Å². The lowest BCUT2D eigenvalue weighted by Gasteiger charge is -2.17. The molecule has 0 aliphatic rings. The second-order valence-electron chi connectivity index (χ2n) is 8.62. The van der Waals surface area contributed by atoms with Gasteiger partial charge in [-0.15, -0.1) is 0 Å². The van der Waals surface area contributed by atoms with Crippen molar-refractivity contribution in [2.75, 3.05) is 27.4 Å². The van der Waals surface area contributed by atoms with Crippen molar-refractivity contribution < 1.29 is 33.0 Å². The van der Waals surface area contributed by atoms with Crippen molar-refractivity contribution in [1.29, 1.82) is 0 Å². The molecule has 0 radical (unpaired) electrons. The predicted molar refractivity (Wildman–Crippen MR) is 140 cm³/mol. The number of benzene rings is 2. The van der Waals surface area contributed by atoms with Crippen LogP contribution in [0.5, 0.6) is 17.2 Å². The first-order valence-corrected chi connectivity index (χ1v) is 12.5. The number of carbonyl (C=O) groups is 2. The normalized spacial score (nSPS) is 10.8. The number of carbonyl (C=O) groups excluding carboxylic acids is 2. The van der Waals surface area contributed by atoms with E-state index in [1.165, 1.54) is 14.0 Å². The molecule has 198 valence electrons. The monoisotopic (exact) mass is 510 g/mol. The lowest BCUT2D eigenvalue weighted by Crippen LogP contribution is -2.11. The minimum absolute atomic E-state index is 0.0537. The number of ketones is 1. The van der Waals surface area contributed by atoms with Crippen molar-refractivity contribution in [1.82, 2.24) is 0 Å². The Morgan fingerprint density at radius 2 is 1.51 bits per heavy atom. The largest absolute Gasteiger partial charge is 0.496 e. The van der Waals surface area contributed by atoms with E-state index in [1.807, 2.05) is 13.0 Å². The Morgan fingerprint density at radius 3 is 2.11 bits per heavy atom. The van der Waals surface area contributed by atoms with Gasteiger partial charge in [-0.2, -0.15) is 0 Å². The summed E-state index contributed by atoms with van der Waals surface area (Å²) in [5, 5.41) is 0.387. The van der Waals surface area contributed by atoms with E-state index in [1.54, 1.807) is 25.3 Å². The highest BCUT2D eigenvalue weighted by Crippen LogP contribution is 2.34. The van der Waals surface area contributed by atoms with E-state index in [0.717, 1.165) is 36.5 Å². The second-order valence-corrected chi connectivity index (χ2v) is 8.62. The summed E-state index contributed by atoms with van der Waals surface area (Å²) in [6, 6.07) is 8.09. The molecule has 0 bridgehead atoms. The van der Waals surface area contributed by atoms with Crippen LogP contribution < -0.4 is 19.6 Å². The van der Waals surface area contributed by atoms with Crippen LogP contribution in [-0.2, 0) is 17.6 Å². The SMILES string of the molecule is CCCc1c(OCCCOc2ccc3c(=O)cc(C(=O)OC)oc3c2CCC)ccc(C(C)=O)c1OC. The highest BCUT2D eigenvalue weighted by molar-refractivity contribution is 5.97. The van der Waals surface area contributed by atoms with Crippen LogP contribution in [0.15, 0.2) is 39.5 Å². The van der Waals surface area contributed by atoms with Crippen LogP contribution in [0.3, 0.4) is 0 Å². The summed E-state index contributed by atoms with van der Waals surface area (Å²) in [7, 11) is 2.80. The van der Waals surface area contributed by atoms with Crippen molar-refractivity contribution >= 4 is 22.7 Å². The molecule has 0 saturated heterocycles. The molecule has 0 amide bonds. The molecule has 8 nitrogen and oxygen atoms in total. The van der Waals surface area contributed by atoms with Crippen molar-refractivity contribution in [3.05, 3.63) is 63.0 Å². The molecule has 0 aliphatic heterocycles. The van der Waals surface area contributed by atoms with Crippen LogP contribution in [0.2, 0.25) is 0 Å². The molecule has 3 rings (SSSR count). The summed E-state index contributed by atoms with van der Waals surface area (Å²) in [5.41, 5.74) is 2.19. The number of methoxy groups -OCH3 is 2. The van der Waals surface area contributed by atoms with Gasteiger partial charge >= 0.3 is 5.97 Å². The third-order valence-corrected chi connectivity index (χ3v) is 5.95. The molecule has 0 spiro atoms. The minimum atomic E-state index is -0.708. The van der Waals surface area contributed by atoms with Gasteiger partial charge in [0.2, 0.25) is 5.76 Å². The summed E-state index contributed by atoms with van der Waals surface area (Å²) in [5.74, 6) is 0.951. The fraction of sp³-hybridized carbons (Fsp3) is 0.414. The number of fused-ring (bicyclic) bond motifs is 1. The van der Waals surface area contributed by atoms with Crippen molar-refractivity contribution in [2.45, 2.75) is 52.9 Å². The number of hydrogen-bond donors (Lipinski definition) is 0. The van der Waals surface area contributed by atoms with Crippen LogP contribution in [0, 0.1) is 0 Å².